The largest absolute Gasteiger partial charge is 0.514 e. The zero-order chi connectivity index (χ0) is 33.5. The molecule has 0 amide bonds. The summed E-state index contributed by atoms with van der Waals surface area (Å²) in [6.07, 6.45) is 2.68. The fourth-order valence-electron chi connectivity index (χ4n) is 8.56. The lowest BCUT2D eigenvalue weighted by Gasteiger charge is -2.59. The third-order valence-corrected chi connectivity index (χ3v) is 10.6. The van der Waals surface area contributed by atoms with Crippen molar-refractivity contribution in [1.82, 2.24) is 0 Å². The van der Waals surface area contributed by atoms with Crippen LogP contribution in [0.15, 0.2) is 77.9 Å². The number of methoxy groups -OCH3 is 1. The van der Waals surface area contributed by atoms with Crippen molar-refractivity contribution in [3.05, 3.63) is 89.3 Å². The number of anilines is 1. The van der Waals surface area contributed by atoms with E-state index in [0.717, 1.165) is 17.2 Å². The van der Waals surface area contributed by atoms with Crippen LogP contribution in [0.1, 0.15) is 39.2 Å². The van der Waals surface area contributed by atoms with Gasteiger partial charge in [0.1, 0.15) is 41.1 Å². The lowest BCUT2D eigenvalue weighted by molar-refractivity contribution is -0.421. The molecule has 1 saturated carbocycles. The Morgan fingerprint density at radius 2 is 1.94 bits per heavy atom. The van der Waals surface area contributed by atoms with E-state index in [-0.39, 0.29) is 42.6 Å². The van der Waals surface area contributed by atoms with E-state index in [1.807, 2.05) is 56.3 Å². The molecule has 3 N–H and O–H groups in total. The molecule has 2 aliphatic heterocycles. The number of ether oxygens (including phenoxy) is 6. The number of carbonyl (C=O) groups excluding carboxylic acids is 2. The van der Waals surface area contributed by atoms with Crippen molar-refractivity contribution in [2.75, 3.05) is 19.5 Å². The molecule has 0 spiro atoms. The van der Waals surface area contributed by atoms with E-state index in [1.54, 1.807) is 6.92 Å². The SMILES string of the molecule is C=C(C)[C@]12C[C@@H](C)C34OC(Cc5ccccc5)(OC1[C@@H]3C=C(COC(=O)Oc1cc(F)c(N)c(OC)c1)C[C@]1(O)C(=O)C(C)=C[C@@H]41)O2. The number of aliphatic hydroxyl groups is 1. The van der Waals surface area contributed by atoms with Crippen molar-refractivity contribution in [2.45, 2.75) is 68.9 Å². The van der Waals surface area contributed by atoms with E-state index in [0.29, 0.717) is 17.6 Å². The smallest absolute Gasteiger partial charge is 0.494 e. The Morgan fingerprint density at radius 3 is 2.64 bits per heavy atom. The Morgan fingerprint density at radius 1 is 1.19 bits per heavy atom. The van der Waals surface area contributed by atoms with Crippen LogP contribution in [0, 0.1) is 23.6 Å². The molecular formula is C36H38FNO9. The molecule has 3 aliphatic carbocycles. The van der Waals surface area contributed by atoms with Crippen molar-refractivity contribution in [1.29, 1.82) is 0 Å². The van der Waals surface area contributed by atoms with Gasteiger partial charge in [-0.2, -0.15) is 0 Å². The van der Waals surface area contributed by atoms with Gasteiger partial charge in [-0.25, -0.2) is 9.18 Å². The number of nitrogens with two attached hydrogens (primary N) is 1. The summed E-state index contributed by atoms with van der Waals surface area (Å²) in [4.78, 5) is 26.6. The maximum atomic E-state index is 14.3. The molecule has 47 heavy (non-hydrogen) atoms. The summed E-state index contributed by atoms with van der Waals surface area (Å²) < 4.78 is 50.7. The minimum Gasteiger partial charge on any atom is -0.494 e. The molecule has 10 nitrogen and oxygen atoms in total. The van der Waals surface area contributed by atoms with Gasteiger partial charge in [-0.1, -0.05) is 56.0 Å². The van der Waals surface area contributed by atoms with Gasteiger partial charge in [0, 0.05) is 30.4 Å². The van der Waals surface area contributed by atoms with Crippen LogP contribution >= 0.6 is 0 Å². The third-order valence-electron chi connectivity index (χ3n) is 10.6. The number of rotatable bonds is 7. The highest BCUT2D eigenvalue weighted by atomic mass is 19.1. The standard InChI is InChI=1S/C36H38FNO9/c1-19(2)34-15-21(4)36-25(31(34)45-35(46-34,47-36)17-22-9-7-6-8-10-22)12-23(16-33(41)28(36)11-20(3)30(33)39)18-43-32(40)44-24-13-26(37)29(38)27(14-24)42-5/h6-14,21,25,28,31,41H,1,15-18,38H2,2-5H3/t21-,25+,28-,31?,33-,34-,35?,36?/m1/s1. The van der Waals surface area contributed by atoms with Gasteiger partial charge in [-0.15, -0.1) is 0 Å². The van der Waals surface area contributed by atoms with Gasteiger partial charge in [0.2, 0.25) is 0 Å². The van der Waals surface area contributed by atoms with Crippen LogP contribution in [0.25, 0.3) is 0 Å². The van der Waals surface area contributed by atoms with E-state index in [1.165, 1.54) is 13.2 Å². The fourth-order valence-corrected chi connectivity index (χ4v) is 8.56. The Labute approximate surface area is 271 Å². The van der Waals surface area contributed by atoms with Crippen LogP contribution in [0.5, 0.6) is 11.5 Å². The van der Waals surface area contributed by atoms with Crippen LogP contribution < -0.4 is 15.2 Å². The Balaban J connectivity index is 1.26. The second-order valence-corrected chi connectivity index (χ2v) is 13.5. The van der Waals surface area contributed by atoms with Crippen LogP contribution in [-0.4, -0.2) is 59.6 Å². The number of halogens is 1. The molecule has 2 aromatic carbocycles. The average Bonchev–Trinajstić information content (AvgIpc) is 3.33. The van der Waals surface area contributed by atoms with Crippen LogP contribution in [0.4, 0.5) is 14.9 Å². The molecule has 2 saturated heterocycles. The van der Waals surface area contributed by atoms with Crippen molar-refractivity contribution >= 4 is 17.6 Å². The normalized spacial score (nSPS) is 36.5. The molecule has 248 valence electrons. The van der Waals surface area contributed by atoms with Crippen LogP contribution in [0.2, 0.25) is 0 Å². The highest BCUT2D eigenvalue weighted by Crippen LogP contribution is 2.68. The summed E-state index contributed by atoms with van der Waals surface area (Å²) in [5.74, 6) is -4.39. The second-order valence-electron chi connectivity index (χ2n) is 13.5. The molecule has 11 heteroatoms. The van der Waals surface area contributed by atoms with Crippen molar-refractivity contribution in [2.24, 2.45) is 17.8 Å². The first-order valence-electron chi connectivity index (χ1n) is 15.7. The van der Waals surface area contributed by atoms with Gasteiger partial charge in [0.25, 0.3) is 5.97 Å². The number of hydrogen-bond donors (Lipinski definition) is 2. The first kappa shape index (κ1) is 31.6. The van der Waals surface area contributed by atoms with Crippen LogP contribution in [0.3, 0.4) is 0 Å². The number of fused-ring (bicyclic) bond motifs is 2. The number of benzene rings is 2. The highest BCUT2D eigenvalue weighted by Gasteiger charge is 2.79. The van der Waals surface area contributed by atoms with Gasteiger partial charge >= 0.3 is 6.16 Å². The van der Waals surface area contributed by atoms with E-state index in [2.05, 4.69) is 6.58 Å². The van der Waals surface area contributed by atoms with Crippen molar-refractivity contribution in [3.63, 3.8) is 0 Å². The van der Waals surface area contributed by atoms with Crippen molar-refractivity contribution < 1.29 is 47.5 Å². The number of ketones is 1. The predicted octanol–water partition coefficient (Wildman–Crippen LogP) is 5.19. The molecule has 3 fully saturated rings. The lowest BCUT2D eigenvalue weighted by Crippen LogP contribution is -2.70. The molecule has 5 aliphatic rings. The molecular weight excluding hydrogens is 609 g/mol. The van der Waals surface area contributed by atoms with Crippen LogP contribution in [-0.2, 0) is 30.2 Å². The van der Waals surface area contributed by atoms with Gasteiger partial charge in [0.15, 0.2) is 11.6 Å². The summed E-state index contributed by atoms with van der Waals surface area (Å²) in [6.45, 7) is 9.64. The minimum absolute atomic E-state index is 0.00418. The summed E-state index contributed by atoms with van der Waals surface area (Å²) in [6, 6.07) is 11.9. The maximum absolute atomic E-state index is 14.3. The van der Waals surface area contributed by atoms with Gasteiger partial charge in [-0.3, -0.25) is 4.79 Å². The molecule has 0 aromatic heterocycles. The lowest BCUT2D eigenvalue weighted by atomic mass is 9.55. The van der Waals surface area contributed by atoms with Gasteiger partial charge in [0.05, 0.1) is 19.1 Å². The Kier molecular flexibility index (Phi) is 7.22. The predicted molar refractivity (Wildman–Crippen MR) is 167 cm³/mol. The molecule has 3 unspecified atom stereocenters. The number of nitrogen functional groups attached to an aromatic ring is 1. The van der Waals surface area contributed by atoms with E-state index >= 15 is 0 Å². The van der Waals surface area contributed by atoms with Crippen molar-refractivity contribution in [3.8, 4) is 11.5 Å². The monoisotopic (exact) mass is 647 g/mol. The van der Waals surface area contributed by atoms with E-state index in [9.17, 15) is 19.1 Å². The average molecular weight is 648 g/mol. The summed E-state index contributed by atoms with van der Waals surface area (Å²) in [5.41, 5.74) is 4.13. The second kappa shape index (κ2) is 10.7. The summed E-state index contributed by atoms with van der Waals surface area (Å²) in [5, 5.41) is 12.4. The zero-order valence-corrected chi connectivity index (χ0v) is 26.7. The highest BCUT2D eigenvalue weighted by molar-refractivity contribution is 6.04. The number of Topliss-reactive ketones (excluding diaryl/α,β-unsaturated/α-hetero) is 1. The molecule has 2 heterocycles. The first-order valence-corrected chi connectivity index (χ1v) is 15.7. The molecule has 0 radical (unpaired) electrons. The summed E-state index contributed by atoms with van der Waals surface area (Å²) >= 11 is 0. The minimum atomic E-state index is -1.88. The Bertz CT molecular complexity index is 1740. The molecule has 8 atom stereocenters. The van der Waals surface area contributed by atoms with E-state index < -0.39 is 58.5 Å². The topological polar surface area (TPSA) is 136 Å². The third kappa shape index (κ3) is 4.58. The number of hydrogen-bond acceptors (Lipinski definition) is 10. The quantitative estimate of drug-likeness (QED) is 0.179. The van der Waals surface area contributed by atoms with E-state index in [4.69, 9.17) is 34.2 Å². The van der Waals surface area contributed by atoms with Gasteiger partial charge < -0.3 is 39.3 Å². The Hall–Kier alpha value is -4.03. The van der Waals surface area contributed by atoms with Gasteiger partial charge in [-0.05, 0) is 48.5 Å². The fraction of sp³-hybridized carbons (Fsp3) is 0.444. The molecule has 2 aromatic rings. The zero-order valence-electron chi connectivity index (χ0n) is 26.7. The first-order chi connectivity index (χ1) is 22.3. The number of carbonyl (C=O) groups is 2. The molecule has 3 bridgehead atoms. The summed E-state index contributed by atoms with van der Waals surface area (Å²) in [7, 11) is 1.31. The maximum Gasteiger partial charge on any atom is 0.514 e. The molecule has 7 rings (SSSR count).